The monoisotopic (exact) mass is 336 g/mol. The van der Waals surface area contributed by atoms with Crippen LogP contribution in [0.1, 0.15) is 15.9 Å². The van der Waals surface area contributed by atoms with Crippen molar-refractivity contribution in [3.05, 3.63) is 70.0 Å². The fraction of sp³-hybridized carbons (Fsp3) is 0.158. The minimum absolute atomic E-state index is 0.192. The van der Waals surface area contributed by atoms with Gasteiger partial charge < -0.3 is 9.88 Å². The maximum absolute atomic E-state index is 12.8. The molecule has 0 fully saturated rings. The summed E-state index contributed by atoms with van der Waals surface area (Å²) in [6.45, 7) is 0.803. The average Bonchev–Trinajstić information content (AvgIpc) is 3.02. The van der Waals surface area contributed by atoms with Gasteiger partial charge in [-0.15, -0.1) is 11.8 Å². The number of benzene rings is 2. The van der Waals surface area contributed by atoms with Crippen molar-refractivity contribution in [2.45, 2.75) is 17.9 Å². The number of aryl methyl sites for hydroxylation is 2. The largest absolute Gasteiger partial charge is 0.346 e. The van der Waals surface area contributed by atoms with Crippen LogP contribution in [0, 0.1) is 0 Å². The van der Waals surface area contributed by atoms with Crippen molar-refractivity contribution in [2.24, 2.45) is 0 Å². The van der Waals surface area contributed by atoms with E-state index in [1.165, 1.54) is 5.56 Å². The topological polar surface area (TPSA) is 51.1 Å². The van der Waals surface area contributed by atoms with Crippen LogP contribution >= 0.6 is 11.8 Å². The predicted molar refractivity (Wildman–Crippen MR) is 98.1 cm³/mol. The van der Waals surface area contributed by atoms with Gasteiger partial charge in [-0.05, 0) is 36.4 Å². The molecule has 0 saturated carbocycles. The molecule has 1 amide bonds. The second kappa shape index (κ2) is 5.83. The van der Waals surface area contributed by atoms with E-state index in [-0.39, 0.29) is 16.9 Å². The molecule has 2 aromatic carbocycles. The molecule has 120 valence electrons. The number of amides is 1. The van der Waals surface area contributed by atoms with Gasteiger partial charge in [0.15, 0.2) is 0 Å². The van der Waals surface area contributed by atoms with Crippen LogP contribution in [0.2, 0.25) is 0 Å². The Morgan fingerprint density at radius 1 is 1.17 bits per heavy atom. The van der Waals surface area contributed by atoms with Gasteiger partial charge in [0.25, 0.3) is 5.91 Å². The van der Waals surface area contributed by atoms with Gasteiger partial charge in [0.2, 0.25) is 5.43 Å². The lowest BCUT2D eigenvalue weighted by Crippen LogP contribution is -2.23. The van der Waals surface area contributed by atoms with Gasteiger partial charge in [0, 0.05) is 23.0 Å². The van der Waals surface area contributed by atoms with Crippen LogP contribution in [0.5, 0.6) is 0 Å². The van der Waals surface area contributed by atoms with Gasteiger partial charge in [-0.3, -0.25) is 9.59 Å². The third-order valence-corrected chi connectivity index (χ3v) is 5.20. The zero-order valence-electron chi connectivity index (χ0n) is 13.2. The minimum Gasteiger partial charge on any atom is -0.346 e. The zero-order valence-corrected chi connectivity index (χ0v) is 14.0. The van der Waals surface area contributed by atoms with Crippen molar-refractivity contribution < 1.29 is 4.79 Å². The summed E-state index contributed by atoms with van der Waals surface area (Å²) in [7, 11) is 0. The van der Waals surface area contributed by atoms with E-state index in [2.05, 4.69) is 5.32 Å². The molecule has 24 heavy (non-hydrogen) atoms. The maximum Gasteiger partial charge on any atom is 0.261 e. The van der Waals surface area contributed by atoms with Crippen molar-refractivity contribution in [3.8, 4) is 0 Å². The summed E-state index contributed by atoms with van der Waals surface area (Å²) < 4.78 is 2.02. The predicted octanol–water partition coefficient (Wildman–Crippen LogP) is 3.53. The summed E-state index contributed by atoms with van der Waals surface area (Å²) in [6.07, 6.45) is 4.55. The summed E-state index contributed by atoms with van der Waals surface area (Å²) in [5.41, 5.74) is 2.85. The standard InChI is InChI=1S/C19H16N2O2S/c1-24-16-8-3-2-7-15(16)20-19(23)14-11-21-10-9-12-5-4-6-13(17(12)21)18(14)22/h2-8,11H,9-10H2,1H3,(H,20,23). The number of carbonyl (C=O) groups excluding carboxylic acids is 1. The van der Waals surface area contributed by atoms with E-state index in [9.17, 15) is 9.59 Å². The van der Waals surface area contributed by atoms with Gasteiger partial charge in [-0.2, -0.15) is 0 Å². The molecule has 0 spiro atoms. The summed E-state index contributed by atoms with van der Waals surface area (Å²) >= 11 is 1.56. The van der Waals surface area contributed by atoms with E-state index in [0.29, 0.717) is 5.39 Å². The summed E-state index contributed by atoms with van der Waals surface area (Å²) in [5, 5.41) is 3.50. The van der Waals surface area contributed by atoms with E-state index >= 15 is 0 Å². The number of carbonyl (C=O) groups is 1. The second-order valence-electron chi connectivity index (χ2n) is 5.78. The lowest BCUT2D eigenvalue weighted by Gasteiger charge is -2.11. The molecule has 0 unspecified atom stereocenters. The fourth-order valence-electron chi connectivity index (χ4n) is 3.26. The molecule has 1 aliphatic rings. The minimum atomic E-state index is -0.357. The van der Waals surface area contributed by atoms with E-state index in [0.717, 1.165) is 29.1 Å². The van der Waals surface area contributed by atoms with Gasteiger partial charge in [0.1, 0.15) is 5.56 Å². The molecule has 1 N–H and O–H groups in total. The van der Waals surface area contributed by atoms with Crippen LogP contribution < -0.4 is 10.7 Å². The molecule has 2 heterocycles. The van der Waals surface area contributed by atoms with Crippen LogP contribution in [-0.2, 0) is 13.0 Å². The highest BCUT2D eigenvalue weighted by Crippen LogP contribution is 2.26. The number of nitrogens with one attached hydrogen (secondary N) is 1. The van der Waals surface area contributed by atoms with Crippen molar-refractivity contribution in [2.75, 3.05) is 11.6 Å². The molecular formula is C19H16N2O2S. The third-order valence-electron chi connectivity index (χ3n) is 4.40. The number of anilines is 1. The zero-order chi connectivity index (χ0) is 16.7. The molecule has 0 radical (unpaired) electrons. The lowest BCUT2D eigenvalue weighted by molar-refractivity contribution is 0.102. The van der Waals surface area contributed by atoms with Gasteiger partial charge >= 0.3 is 0 Å². The van der Waals surface area contributed by atoms with Crippen LogP contribution in [0.25, 0.3) is 10.9 Å². The molecular weight excluding hydrogens is 320 g/mol. The number of para-hydroxylation sites is 2. The molecule has 1 aromatic heterocycles. The van der Waals surface area contributed by atoms with Crippen LogP contribution in [0.3, 0.4) is 0 Å². The first-order valence-corrected chi connectivity index (χ1v) is 9.01. The highest BCUT2D eigenvalue weighted by Gasteiger charge is 2.20. The number of aromatic nitrogens is 1. The number of hydrogen-bond donors (Lipinski definition) is 1. The van der Waals surface area contributed by atoms with Crippen molar-refractivity contribution in [3.63, 3.8) is 0 Å². The molecule has 1 aliphatic heterocycles. The van der Waals surface area contributed by atoms with E-state index in [4.69, 9.17) is 0 Å². The Morgan fingerprint density at radius 2 is 2.00 bits per heavy atom. The molecule has 4 rings (SSSR count). The second-order valence-corrected chi connectivity index (χ2v) is 6.63. The van der Waals surface area contributed by atoms with Gasteiger partial charge in [-0.1, -0.05) is 24.3 Å². The Balaban J connectivity index is 1.79. The first kappa shape index (κ1) is 15.0. The van der Waals surface area contributed by atoms with E-state index in [1.807, 2.05) is 47.2 Å². The molecule has 0 bridgehead atoms. The Hall–Kier alpha value is -2.53. The number of pyridine rings is 1. The molecule has 5 heteroatoms. The number of thioether (sulfide) groups is 1. The molecule has 4 nitrogen and oxygen atoms in total. The third kappa shape index (κ3) is 2.32. The quantitative estimate of drug-likeness (QED) is 0.745. The Morgan fingerprint density at radius 3 is 2.83 bits per heavy atom. The fourth-order valence-corrected chi connectivity index (χ4v) is 3.81. The average molecular weight is 336 g/mol. The van der Waals surface area contributed by atoms with E-state index < -0.39 is 0 Å². The van der Waals surface area contributed by atoms with Crippen molar-refractivity contribution >= 4 is 34.3 Å². The highest BCUT2D eigenvalue weighted by molar-refractivity contribution is 7.98. The first-order chi connectivity index (χ1) is 11.7. The number of rotatable bonds is 3. The van der Waals surface area contributed by atoms with Crippen LogP contribution in [0.4, 0.5) is 5.69 Å². The summed E-state index contributed by atoms with van der Waals surface area (Å²) in [6, 6.07) is 13.3. The number of hydrogen-bond acceptors (Lipinski definition) is 3. The van der Waals surface area contributed by atoms with E-state index in [1.54, 1.807) is 24.0 Å². The Bertz CT molecular complexity index is 1020. The van der Waals surface area contributed by atoms with Crippen molar-refractivity contribution in [1.29, 1.82) is 0 Å². The van der Waals surface area contributed by atoms with Gasteiger partial charge in [-0.25, -0.2) is 0 Å². The normalized spacial score (nSPS) is 12.5. The molecule has 3 aromatic rings. The van der Waals surface area contributed by atoms with Crippen molar-refractivity contribution in [1.82, 2.24) is 4.57 Å². The smallest absolute Gasteiger partial charge is 0.261 e. The SMILES string of the molecule is CSc1ccccc1NC(=O)c1cn2c3c(cccc3c1=O)CC2. The summed E-state index contributed by atoms with van der Waals surface area (Å²) in [4.78, 5) is 26.4. The highest BCUT2D eigenvalue weighted by atomic mass is 32.2. The Kier molecular flexibility index (Phi) is 3.65. The lowest BCUT2D eigenvalue weighted by atomic mass is 10.1. The maximum atomic E-state index is 12.8. The van der Waals surface area contributed by atoms with Gasteiger partial charge in [0.05, 0.1) is 11.2 Å². The van der Waals surface area contributed by atoms with Crippen LogP contribution in [-0.4, -0.2) is 16.7 Å². The number of nitrogens with zero attached hydrogens (tertiary/aromatic N) is 1. The molecule has 0 aliphatic carbocycles. The first-order valence-electron chi connectivity index (χ1n) is 7.78. The van der Waals surface area contributed by atoms with Crippen LogP contribution in [0.15, 0.2) is 58.4 Å². The molecule has 0 saturated heterocycles. The molecule has 0 atom stereocenters. The summed E-state index contributed by atoms with van der Waals surface area (Å²) in [5.74, 6) is -0.357. The Labute approximate surface area is 143 Å².